The van der Waals surface area contributed by atoms with Crippen LogP contribution in [0.25, 0.3) is 0 Å². The first-order chi connectivity index (χ1) is 6.50. The van der Waals surface area contributed by atoms with Gasteiger partial charge in [0.15, 0.2) is 0 Å². The SMILES string of the molecule is Cl.O=C(O)C(O)Sc1cc(Cl)ccc1Cl. The van der Waals surface area contributed by atoms with Gasteiger partial charge in [0.2, 0.25) is 5.44 Å². The van der Waals surface area contributed by atoms with Gasteiger partial charge in [-0.05, 0) is 18.2 Å². The van der Waals surface area contributed by atoms with Crippen molar-refractivity contribution in [2.24, 2.45) is 0 Å². The maximum atomic E-state index is 10.4. The van der Waals surface area contributed by atoms with E-state index in [-0.39, 0.29) is 12.4 Å². The number of aliphatic hydroxyl groups excluding tert-OH is 1. The average molecular weight is 290 g/mol. The lowest BCUT2D eigenvalue weighted by Crippen LogP contribution is -2.14. The molecule has 1 unspecified atom stereocenters. The molecule has 0 saturated carbocycles. The maximum absolute atomic E-state index is 10.4. The van der Waals surface area contributed by atoms with E-state index in [0.717, 1.165) is 11.8 Å². The molecule has 0 aliphatic carbocycles. The van der Waals surface area contributed by atoms with E-state index in [1.54, 1.807) is 12.1 Å². The number of hydrogen-bond acceptors (Lipinski definition) is 3. The third-order valence-corrected chi connectivity index (χ3v) is 3.04. The minimum atomic E-state index is -1.54. The number of carbonyl (C=O) groups is 1. The van der Waals surface area contributed by atoms with Crippen LogP contribution in [-0.2, 0) is 4.79 Å². The molecule has 1 rings (SSSR count). The van der Waals surface area contributed by atoms with E-state index in [2.05, 4.69) is 0 Å². The summed E-state index contributed by atoms with van der Waals surface area (Å²) in [5.74, 6) is -1.31. The van der Waals surface area contributed by atoms with E-state index in [0.29, 0.717) is 14.9 Å². The van der Waals surface area contributed by atoms with Gasteiger partial charge in [0.05, 0.1) is 5.02 Å². The monoisotopic (exact) mass is 288 g/mol. The summed E-state index contributed by atoms with van der Waals surface area (Å²) in [6.07, 6.45) is 0. The van der Waals surface area contributed by atoms with Crippen molar-refractivity contribution in [1.82, 2.24) is 0 Å². The van der Waals surface area contributed by atoms with E-state index < -0.39 is 11.4 Å². The minimum absolute atomic E-state index is 0. The van der Waals surface area contributed by atoms with Gasteiger partial charge in [-0.2, -0.15) is 0 Å². The molecule has 0 saturated heterocycles. The highest BCUT2D eigenvalue weighted by atomic mass is 35.5. The lowest BCUT2D eigenvalue weighted by molar-refractivity contribution is -0.141. The van der Waals surface area contributed by atoms with E-state index in [9.17, 15) is 4.79 Å². The molecule has 84 valence electrons. The Morgan fingerprint density at radius 1 is 1.40 bits per heavy atom. The van der Waals surface area contributed by atoms with Gasteiger partial charge >= 0.3 is 5.97 Å². The second-order valence-corrected chi connectivity index (χ2v) is 4.35. The van der Waals surface area contributed by atoms with Crippen molar-refractivity contribution in [2.75, 3.05) is 0 Å². The maximum Gasteiger partial charge on any atom is 0.343 e. The first-order valence-electron chi connectivity index (χ1n) is 3.53. The number of halogens is 3. The van der Waals surface area contributed by atoms with E-state index >= 15 is 0 Å². The van der Waals surface area contributed by atoms with Gasteiger partial charge in [0, 0.05) is 9.92 Å². The summed E-state index contributed by atoms with van der Waals surface area (Å²) in [7, 11) is 0. The fraction of sp³-hybridized carbons (Fsp3) is 0.125. The van der Waals surface area contributed by atoms with Crippen LogP contribution >= 0.6 is 47.4 Å². The van der Waals surface area contributed by atoms with Crippen molar-refractivity contribution in [3.63, 3.8) is 0 Å². The van der Waals surface area contributed by atoms with Gasteiger partial charge in [0.1, 0.15) is 0 Å². The first-order valence-corrected chi connectivity index (χ1v) is 5.17. The lowest BCUT2D eigenvalue weighted by Gasteiger charge is -2.06. The number of rotatable bonds is 3. The van der Waals surface area contributed by atoms with E-state index in [1.165, 1.54) is 6.07 Å². The molecule has 15 heavy (non-hydrogen) atoms. The summed E-state index contributed by atoms with van der Waals surface area (Å²) >= 11 is 12.2. The third kappa shape index (κ3) is 4.49. The molecule has 1 atom stereocenters. The second kappa shape index (κ2) is 6.45. The van der Waals surface area contributed by atoms with Gasteiger partial charge in [-0.15, -0.1) is 12.4 Å². The molecule has 0 aliphatic heterocycles. The quantitative estimate of drug-likeness (QED) is 0.663. The van der Waals surface area contributed by atoms with Crippen molar-refractivity contribution < 1.29 is 15.0 Å². The number of thioether (sulfide) groups is 1. The van der Waals surface area contributed by atoms with Crippen LogP contribution in [0.15, 0.2) is 23.1 Å². The number of aliphatic hydroxyl groups is 1. The molecule has 3 nitrogen and oxygen atoms in total. The van der Waals surface area contributed by atoms with Crippen molar-refractivity contribution in [3.8, 4) is 0 Å². The van der Waals surface area contributed by atoms with Crippen LogP contribution in [0, 0.1) is 0 Å². The third-order valence-electron chi connectivity index (χ3n) is 1.34. The lowest BCUT2D eigenvalue weighted by atomic mass is 10.4. The zero-order valence-corrected chi connectivity index (χ0v) is 10.3. The molecule has 0 bridgehead atoms. The second-order valence-electron chi connectivity index (χ2n) is 2.38. The van der Waals surface area contributed by atoms with Crippen LogP contribution in [0.2, 0.25) is 10.0 Å². The van der Waals surface area contributed by atoms with Gasteiger partial charge in [-0.25, -0.2) is 4.79 Å². The predicted molar refractivity (Wildman–Crippen MR) is 63.2 cm³/mol. The summed E-state index contributed by atoms with van der Waals surface area (Å²) in [6, 6.07) is 4.63. The van der Waals surface area contributed by atoms with Crippen molar-refractivity contribution in [2.45, 2.75) is 10.3 Å². The molecule has 0 spiro atoms. The summed E-state index contributed by atoms with van der Waals surface area (Å²) in [4.78, 5) is 10.8. The predicted octanol–water partition coefficient (Wildman–Crippen LogP) is 2.91. The summed E-state index contributed by atoms with van der Waals surface area (Å²) in [5, 5.41) is 18.3. The van der Waals surface area contributed by atoms with Crippen LogP contribution in [0.4, 0.5) is 0 Å². The number of hydrogen-bond donors (Lipinski definition) is 2. The summed E-state index contributed by atoms with van der Waals surface area (Å²) in [6.45, 7) is 0. The van der Waals surface area contributed by atoms with E-state index in [4.69, 9.17) is 33.4 Å². The molecule has 2 N–H and O–H groups in total. The fourth-order valence-corrected chi connectivity index (χ4v) is 1.94. The number of carboxylic acid groups (broad SMARTS) is 1. The highest BCUT2D eigenvalue weighted by molar-refractivity contribution is 8.00. The topological polar surface area (TPSA) is 57.5 Å². The molecule has 0 aromatic heterocycles. The Kier molecular flexibility index (Phi) is 6.40. The van der Waals surface area contributed by atoms with Crippen molar-refractivity contribution >= 4 is 53.3 Å². The fourth-order valence-electron chi connectivity index (χ4n) is 0.738. The van der Waals surface area contributed by atoms with E-state index in [1.807, 2.05) is 0 Å². The molecular weight excluding hydrogens is 283 g/mol. The first kappa shape index (κ1) is 14.9. The molecule has 0 radical (unpaired) electrons. The number of carboxylic acids is 1. The van der Waals surface area contributed by atoms with Crippen molar-refractivity contribution in [3.05, 3.63) is 28.2 Å². The average Bonchev–Trinajstić information content (AvgIpc) is 2.11. The highest BCUT2D eigenvalue weighted by Crippen LogP contribution is 2.31. The largest absolute Gasteiger partial charge is 0.479 e. The van der Waals surface area contributed by atoms with Gasteiger partial charge in [-0.3, -0.25) is 0 Å². The number of aliphatic carboxylic acids is 1. The van der Waals surface area contributed by atoms with Crippen LogP contribution in [0.3, 0.4) is 0 Å². The van der Waals surface area contributed by atoms with Crippen LogP contribution in [-0.4, -0.2) is 21.6 Å². The molecule has 1 aromatic rings. The number of benzene rings is 1. The van der Waals surface area contributed by atoms with Crippen LogP contribution in [0.1, 0.15) is 0 Å². The Morgan fingerprint density at radius 2 is 2.00 bits per heavy atom. The highest BCUT2D eigenvalue weighted by Gasteiger charge is 2.16. The van der Waals surface area contributed by atoms with Gasteiger partial charge < -0.3 is 10.2 Å². The Hall–Kier alpha value is -0.130. The standard InChI is InChI=1S/C8H6Cl2O3S.ClH/c9-4-1-2-5(10)6(3-4)14-8(13)7(11)12;/h1-3,8,13H,(H,11,12);1H. The smallest absolute Gasteiger partial charge is 0.343 e. The summed E-state index contributed by atoms with van der Waals surface area (Å²) in [5.41, 5.74) is -1.54. The molecule has 1 aromatic carbocycles. The zero-order valence-electron chi connectivity index (χ0n) is 7.18. The Bertz CT molecular complexity index is 359. The Morgan fingerprint density at radius 3 is 2.53 bits per heavy atom. The normalized spacial score (nSPS) is 11.7. The molecular formula is C8H7Cl3O3S. The Balaban J connectivity index is 0.00000196. The zero-order chi connectivity index (χ0) is 10.7. The van der Waals surface area contributed by atoms with Gasteiger partial charge in [-0.1, -0.05) is 35.0 Å². The van der Waals surface area contributed by atoms with Crippen LogP contribution in [0.5, 0.6) is 0 Å². The minimum Gasteiger partial charge on any atom is -0.479 e. The molecule has 0 aliphatic rings. The molecule has 0 amide bonds. The molecule has 0 fully saturated rings. The van der Waals surface area contributed by atoms with Crippen molar-refractivity contribution in [1.29, 1.82) is 0 Å². The molecule has 7 heteroatoms. The Labute approximate surface area is 107 Å². The molecule has 0 heterocycles. The summed E-state index contributed by atoms with van der Waals surface area (Å²) < 4.78 is 0. The van der Waals surface area contributed by atoms with Gasteiger partial charge in [0.25, 0.3) is 0 Å². The van der Waals surface area contributed by atoms with Crippen LogP contribution < -0.4 is 0 Å².